The summed E-state index contributed by atoms with van der Waals surface area (Å²) in [7, 11) is 2.03. The number of pyridine rings is 1. The lowest BCUT2D eigenvalue weighted by atomic mass is 10.0. The van der Waals surface area contributed by atoms with Crippen molar-refractivity contribution in [3.63, 3.8) is 0 Å². The topological polar surface area (TPSA) is 46.0 Å². The lowest BCUT2D eigenvalue weighted by Gasteiger charge is -2.25. The first kappa shape index (κ1) is 16.4. The molecule has 0 spiro atoms. The number of aromatic nitrogens is 3. The number of nitrogens with one attached hydrogen (secondary N) is 1. The van der Waals surface area contributed by atoms with Crippen molar-refractivity contribution in [2.45, 2.75) is 12.1 Å². The number of fused-ring (bicyclic) bond motifs is 1. The average Bonchev–Trinajstić information content (AvgIpc) is 3.40. The van der Waals surface area contributed by atoms with E-state index in [1.54, 1.807) is 11.3 Å². The highest BCUT2D eigenvalue weighted by Gasteiger charge is 2.39. The summed E-state index contributed by atoms with van der Waals surface area (Å²) in [5, 5.41) is 5.12. The van der Waals surface area contributed by atoms with Gasteiger partial charge in [-0.15, -0.1) is 0 Å². The molecule has 2 atom stereocenters. The summed E-state index contributed by atoms with van der Waals surface area (Å²) in [6.45, 7) is 0. The molecule has 27 heavy (non-hydrogen) atoms. The first-order valence-corrected chi connectivity index (χ1v) is 9.92. The fourth-order valence-electron chi connectivity index (χ4n) is 3.60. The van der Waals surface area contributed by atoms with Gasteiger partial charge in [-0.3, -0.25) is 9.55 Å². The predicted molar refractivity (Wildman–Crippen MR) is 112 cm³/mol. The standard InChI is InChI=1S/C20H17N5S2/c1-24-18(17(23-19(24)26)14-8-4-5-11-21-14)15-9-6-12-25(15)20-22-13-7-2-3-10-16(13)27-20/h2-12,17-18H,1H3,(H,23,26)/t17-,18-/m0/s1. The third-order valence-electron chi connectivity index (χ3n) is 4.91. The van der Waals surface area contributed by atoms with Gasteiger partial charge in [0.25, 0.3) is 0 Å². The van der Waals surface area contributed by atoms with Crippen LogP contribution in [-0.4, -0.2) is 31.6 Å². The molecular formula is C20H17N5S2. The molecule has 0 aliphatic carbocycles. The molecule has 0 unspecified atom stereocenters. The summed E-state index contributed by atoms with van der Waals surface area (Å²) < 4.78 is 3.35. The minimum absolute atomic E-state index is 0.00766. The Hall–Kier alpha value is -2.77. The van der Waals surface area contributed by atoms with Crippen LogP contribution < -0.4 is 5.32 Å². The van der Waals surface area contributed by atoms with Crippen LogP contribution in [0.4, 0.5) is 0 Å². The van der Waals surface area contributed by atoms with Crippen LogP contribution in [0.2, 0.25) is 0 Å². The maximum absolute atomic E-state index is 5.55. The third-order valence-corrected chi connectivity index (χ3v) is 6.35. The van der Waals surface area contributed by atoms with E-state index in [1.807, 2.05) is 49.6 Å². The molecule has 1 aliphatic rings. The molecule has 3 aromatic heterocycles. The van der Waals surface area contributed by atoms with Gasteiger partial charge in [-0.25, -0.2) is 4.98 Å². The van der Waals surface area contributed by atoms with E-state index in [1.165, 1.54) is 4.70 Å². The maximum atomic E-state index is 5.55. The first-order valence-electron chi connectivity index (χ1n) is 8.70. The predicted octanol–water partition coefficient (Wildman–Crippen LogP) is 4.08. The Labute approximate surface area is 166 Å². The molecule has 4 heterocycles. The number of hydrogen-bond acceptors (Lipinski definition) is 4. The molecule has 1 saturated heterocycles. The summed E-state index contributed by atoms with van der Waals surface area (Å²) in [6.07, 6.45) is 3.89. The van der Waals surface area contributed by atoms with Crippen molar-refractivity contribution in [1.29, 1.82) is 0 Å². The number of hydrogen-bond donors (Lipinski definition) is 1. The Morgan fingerprint density at radius 2 is 1.93 bits per heavy atom. The van der Waals surface area contributed by atoms with Crippen molar-refractivity contribution >= 4 is 38.9 Å². The molecule has 0 bridgehead atoms. The van der Waals surface area contributed by atoms with E-state index in [4.69, 9.17) is 17.2 Å². The second-order valence-corrected chi connectivity index (χ2v) is 7.90. The van der Waals surface area contributed by atoms with Gasteiger partial charge in [-0.05, 0) is 48.6 Å². The minimum Gasteiger partial charge on any atom is -0.352 e. The van der Waals surface area contributed by atoms with Gasteiger partial charge in [0.05, 0.1) is 33.7 Å². The molecule has 1 aromatic carbocycles. The van der Waals surface area contributed by atoms with E-state index < -0.39 is 0 Å². The van der Waals surface area contributed by atoms with Crippen LogP contribution in [0.15, 0.2) is 67.0 Å². The molecule has 7 heteroatoms. The van der Waals surface area contributed by atoms with Crippen LogP contribution >= 0.6 is 23.6 Å². The third kappa shape index (κ3) is 2.70. The van der Waals surface area contributed by atoms with Crippen LogP contribution in [0.3, 0.4) is 0 Å². The number of nitrogens with zero attached hydrogens (tertiary/aromatic N) is 4. The second kappa shape index (κ2) is 6.44. The Balaban J connectivity index is 1.61. The highest BCUT2D eigenvalue weighted by Crippen LogP contribution is 2.39. The van der Waals surface area contributed by atoms with Crippen LogP contribution in [0.1, 0.15) is 23.5 Å². The monoisotopic (exact) mass is 391 g/mol. The number of thiocarbonyl (C=S) groups is 1. The van der Waals surface area contributed by atoms with Gasteiger partial charge in [0, 0.05) is 19.4 Å². The van der Waals surface area contributed by atoms with E-state index >= 15 is 0 Å². The average molecular weight is 392 g/mol. The molecule has 134 valence electrons. The molecule has 0 radical (unpaired) electrons. The normalized spacial score (nSPS) is 19.6. The number of rotatable bonds is 3. The van der Waals surface area contributed by atoms with Crippen molar-refractivity contribution in [3.05, 3.63) is 78.4 Å². The Morgan fingerprint density at radius 1 is 1.07 bits per heavy atom. The molecule has 5 rings (SSSR count). The van der Waals surface area contributed by atoms with Crippen LogP contribution in [0.5, 0.6) is 0 Å². The SMILES string of the molecule is CN1C(=S)N[C@@H](c2ccccn2)[C@@H]1c1cccn1-c1nc2ccccc2s1. The Kier molecular flexibility index (Phi) is 3.91. The fraction of sp³-hybridized carbons (Fsp3) is 0.150. The fourth-order valence-corrected chi connectivity index (χ4v) is 4.81. The molecular weight excluding hydrogens is 374 g/mol. The van der Waals surface area contributed by atoms with Crippen LogP contribution in [0, 0.1) is 0 Å². The van der Waals surface area contributed by atoms with Crippen LogP contribution in [-0.2, 0) is 0 Å². The summed E-state index contributed by atoms with van der Waals surface area (Å²) in [5.74, 6) is 0. The number of para-hydroxylation sites is 1. The zero-order chi connectivity index (χ0) is 18.4. The molecule has 1 aliphatic heterocycles. The summed E-state index contributed by atoms with van der Waals surface area (Å²) in [5.41, 5.74) is 3.14. The molecule has 5 nitrogen and oxygen atoms in total. The zero-order valence-corrected chi connectivity index (χ0v) is 16.2. The molecule has 0 amide bonds. The van der Waals surface area contributed by atoms with Gasteiger partial charge in [0.1, 0.15) is 0 Å². The highest BCUT2D eigenvalue weighted by molar-refractivity contribution is 7.80. The summed E-state index contributed by atoms with van der Waals surface area (Å²) >= 11 is 7.24. The van der Waals surface area contributed by atoms with Gasteiger partial charge in [0.2, 0.25) is 0 Å². The lowest BCUT2D eigenvalue weighted by Crippen LogP contribution is -2.25. The van der Waals surface area contributed by atoms with Crippen molar-refractivity contribution in [1.82, 2.24) is 24.8 Å². The molecule has 4 aromatic rings. The smallest absolute Gasteiger partial charge is 0.194 e. The largest absolute Gasteiger partial charge is 0.352 e. The van der Waals surface area contributed by atoms with Gasteiger partial charge >= 0.3 is 0 Å². The Morgan fingerprint density at radius 3 is 2.74 bits per heavy atom. The highest BCUT2D eigenvalue weighted by atomic mass is 32.1. The lowest BCUT2D eigenvalue weighted by molar-refractivity contribution is 0.357. The van der Waals surface area contributed by atoms with Crippen LogP contribution in [0.25, 0.3) is 15.3 Å². The van der Waals surface area contributed by atoms with Gasteiger partial charge < -0.3 is 10.2 Å². The molecule has 1 N–H and O–H groups in total. The summed E-state index contributed by atoms with van der Waals surface area (Å²) in [6, 6.07) is 18.4. The van der Waals surface area contributed by atoms with Crippen molar-refractivity contribution in [3.8, 4) is 5.13 Å². The van der Waals surface area contributed by atoms with E-state index in [2.05, 4.69) is 44.2 Å². The van der Waals surface area contributed by atoms with Crippen molar-refractivity contribution in [2.75, 3.05) is 7.05 Å². The zero-order valence-electron chi connectivity index (χ0n) is 14.6. The van der Waals surface area contributed by atoms with E-state index in [0.717, 1.165) is 27.1 Å². The van der Waals surface area contributed by atoms with Crippen molar-refractivity contribution in [2.24, 2.45) is 0 Å². The maximum Gasteiger partial charge on any atom is 0.194 e. The first-order chi connectivity index (χ1) is 13.2. The quantitative estimate of drug-likeness (QED) is 0.533. The van der Waals surface area contributed by atoms with E-state index in [0.29, 0.717) is 0 Å². The minimum atomic E-state index is -0.00766. The number of benzene rings is 1. The number of likely N-dealkylation sites (N-methyl/N-ethyl adjacent to an activating group) is 1. The Bertz CT molecular complexity index is 1080. The van der Waals surface area contributed by atoms with Crippen molar-refractivity contribution < 1.29 is 0 Å². The van der Waals surface area contributed by atoms with Gasteiger partial charge in [-0.2, -0.15) is 0 Å². The second-order valence-electron chi connectivity index (χ2n) is 6.50. The number of thiazole rings is 1. The summed E-state index contributed by atoms with van der Waals surface area (Å²) in [4.78, 5) is 11.5. The van der Waals surface area contributed by atoms with Gasteiger partial charge in [0.15, 0.2) is 10.2 Å². The molecule has 0 saturated carbocycles. The van der Waals surface area contributed by atoms with E-state index in [9.17, 15) is 0 Å². The van der Waals surface area contributed by atoms with Gasteiger partial charge in [-0.1, -0.05) is 29.5 Å². The molecule has 1 fully saturated rings. The van der Waals surface area contributed by atoms with E-state index in [-0.39, 0.29) is 12.1 Å².